The number of aliphatic imine (C=N–C) groups is 1. The van der Waals surface area contributed by atoms with Crippen molar-refractivity contribution in [3.63, 3.8) is 0 Å². The SMILES string of the molecule is CCNC(=NCCCCn1ccccc1=O)N(C)Cc1ccc(C(F)(F)F)cc1.I. The van der Waals surface area contributed by atoms with Gasteiger partial charge in [-0.3, -0.25) is 9.79 Å². The first kappa shape index (κ1) is 26.0. The van der Waals surface area contributed by atoms with Crippen molar-refractivity contribution in [3.05, 3.63) is 70.1 Å². The summed E-state index contributed by atoms with van der Waals surface area (Å²) in [5.74, 6) is 0.698. The minimum Gasteiger partial charge on any atom is -0.357 e. The number of halogens is 4. The maximum atomic E-state index is 12.7. The maximum Gasteiger partial charge on any atom is 0.416 e. The number of benzene rings is 1. The average molecular weight is 536 g/mol. The van der Waals surface area contributed by atoms with Gasteiger partial charge in [-0.25, -0.2) is 0 Å². The minimum atomic E-state index is -4.33. The van der Waals surface area contributed by atoms with Crippen LogP contribution < -0.4 is 10.9 Å². The Bertz CT molecular complexity index is 850. The van der Waals surface area contributed by atoms with Gasteiger partial charge in [-0.1, -0.05) is 18.2 Å². The van der Waals surface area contributed by atoms with E-state index >= 15 is 0 Å². The molecule has 2 aromatic rings. The van der Waals surface area contributed by atoms with Gasteiger partial charge in [-0.05, 0) is 43.5 Å². The quantitative estimate of drug-likeness (QED) is 0.236. The molecule has 166 valence electrons. The second-order valence-corrected chi connectivity index (χ2v) is 6.73. The fourth-order valence-electron chi connectivity index (χ4n) is 2.84. The number of hydrogen-bond acceptors (Lipinski definition) is 2. The molecule has 0 amide bonds. The molecule has 1 aromatic heterocycles. The van der Waals surface area contributed by atoms with Gasteiger partial charge in [0, 0.05) is 45.5 Å². The Morgan fingerprint density at radius 3 is 2.43 bits per heavy atom. The van der Waals surface area contributed by atoms with E-state index in [0.717, 1.165) is 30.5 Å². The van der Waals surface area contributed by atoms with Gasteiger partial charge in [0.05, 0.1) is 5.56 Å². The van der Waals surface area contributed by atoms with Crippen LogP contribution in [0.5, 0.6) is 0 Å². The first-order valence-electron chi connectivity index (χ1n) is 9.62. The highest BCUT2D eigenvalue weighted by atomic mass is 127. The van der Waals surface area contributed by atoms with E-state index in [4.69, 9.17) is 0 Å². The number of aryl methyl sites for hydroxylation is 1. The largest absolute Gasteiger partial charge is 0.416 e. The number of hydrogen-bond donors (Lipinski definition) is 1. The molecule has 0 atom stereocenters. The van der Waals surface area contributed by atoms with Crippen LogP contribution in [0.1, 0.15) is 30.9 Å². The van der Waals surface area contributed by atoms with Crippen LogP contribution in [0.3, 0.4) is 0 Å². The zero-order valence-electron chi connectivity index (χ0n) is 17.2. The molecule has 1 heterocycles. The van der Waals surface area contributed by atoms with Crippen molar-refractivity contribution in [3.8, 4) is 0 Å². The molecule has 1 N–H and O–H groups in total. The van der Waals surface area contributed by atoms with E-state index in [1.54, 1.807) is 16.8 Å². The summed E-state index contributed by atoms with van der Waals surface area (Å²) in [5, 5.41) is 3.20. The summed E-state index contributed by atoms with van der Waals surface area (Å²) < 4.78 is 39.7. The number of aromatic nitrogens is 1. The second kappa shape index (κ2) is 12.6. The van der Waals surface area contributed by atoms with Crippen LogP contribution in [0.25, 0.3) is 0 Å². The van der Waals surface area contributed by atoms with Crippen molar-refractivity contribution in [2.45, 2.75) is 39.0 Å². The van der Waals surface area contributed by atoms with Crippen LogP contribution in [0, 0.1) is 0 Å². The Kier molecular flexibility index (Phi) is 10.9. The lowest BCUT2D eigenvalue weighted by molar-refractivity contribution is -0.137. The van der Waals surface area contributed by atoms with Gasteiger partial charge in [0.1, 0.15) is 0 Å². The Labute approximate surface area is 192 Å². The fraction of sp³-hybridized carbons (Fsp3) is 0.429. The van der Waals surface area contributed by atoms with E-state index in [9.17, 15) is 18.0 Å². The summed E-state index contributed by atoms with van der Waals surface area (Å²) in [5.41, 5.74) is 0.108. The Morgan fingerprint density at radius 1 is 1.13 bits per heavy atom. The topological polar surface area (TPSA) is 49.6 Å². The van der Waals surface area contributed by atoms with Crippen molar-refractivity contribution >= 4 is 29.9 Å². The maximum absolute atomic E-state index is 12.7. The van der Waals surface area contributed by atoms with Gasteiger partial charge >= 0.3 is 6.18 Å². The predicted molar refractivity (Wildman–Crippen MR) is 124 cm³/mol. The molecule has 0 bridgehead atoms. The van der Waals surface area contributed by atoms with E-state index in [-0.39, 0.29) is 29.5 Å². The minimum absolute atomic E-state index is 0. The summed E-state index contributed by atoms with van der Waals surface area (Å²) in [6, 6.07) is 10.3. The number of guanidine groups is 1. The first-order valence-corrected chi connectivity index (χ1v) is 9.62. The molecule has 0 radical (unpaired) electrons. The van der Waals surface area contributed by atoms with Gasteiger partial charge in [0.15, 0.2) is 5.96 Å². The number of nitrogens with zero attached hydrogens (tertiary/aromatic N) is 3. The average Bonchev–Trinajstić information content (AvgIpc) is 2.68. The molecule has 0 fully saturated rings. The van der Waals surface area contributed by atoms with Crippen LogP contribution in [-0.2, 0) is 19.3 Å². The number of unbranched alkanes of at least 4 members (excludes halogenated alkanes) is 1. The number of rotatable bonds is 8. The summed E-state index contributed by atoms with van der Waals surface area (Å²) in [4.78, 5) is 18.1. The zero-order valence-corrected chi connectivity index (χ0v) is 19.5. The summed E-state index contributed by atoms with van der Waals surface area (Å²) in [6.45, 7) is 4.34. The molecule has 0 unspecified atom stereocenters. The third kappa shape index (κ3) is 8.37. The lowest BCUT2D eigenvalue weighted by Crippen LogP contribution is -2.38. The highest BCUT2D eigenvalue weighted by Crippen LogP contribution is 2.29. The smallest absolute Gasteiger partial charge is 0.357 e. The normalized spacial score (nSPS) is 11.7. The van der Waals surface area contributed by atoms with Crippen LogP contribution in [0.4, 0.5) is 13.2 Å². The Morgan fingerprint density at radius 2 is 1.83 bits per heavy atom. The van der Waals surface area contributed by atoms with Crippen LogP contribution in [0.15, 0.2) is 58.4 Å². The summed E-state index contributed by atoms with van der Waals surface area (Å²) in [7, 11) is 1.85. The number of alkyl halides is 3. The predicted octanol–water partition coefficient (Wildman–Crippen LogP) is 4.36. The standard InChI is InChI=1S/C21H27F3N4O.HI/c1-3-25-20(26-13-5-7-15-28-14-6-4-8-19(28)29)27(2)16-17-9-11-18(12-10-17)21(22,23)24;/h4,6,8-12,14H,3,5,7,13,15-16H2,1-2H3,(H,25,26);1H. The molecule has 0 spiro atoms. The van der Waals surface area contributed by atoms with Gasteiger partial charge in [-0.15, -0.1) is 24.0 Å². The van der Waals surface area contributed by atoms with Crippen molar-refractivity contribution in [2.75, 3.05) is 20.1 Å². The fourth-order valence-corrected chi connectivity index (χ4v) is 2.84. The van der Waals surface area contributed by atoms with Crippen LogP contribution in [-0.4, -0.2) is 35.6 Å². The second-order valence-electron chi connectivity index (χ2n) is 6.73. The van der Waals surface area contributed by atoms with E-state index < -0.39 is 11.7 Å². The molecule has 0 aliphatic heterocycles. The molecule has 1 aromatic carbocycles. The summed E-state index contributed by atoms with van der Waals surface area (Å²) >= 11 is 0. The molecule has 9 heteroatoms. The van der Waals surface area contributed by atoms with E-state index in [0.29, 0.717) is 32.1 Å². The van der Waals surface area contributed by atoms with Gasteiger partial charge in [0.2, 0.25) is 5.56 Å². The van der Waals surface area contributed by atoms with E-state index in [2.05, 4.69) is 10.3 Å². The lowest BCUT2D eigenvalue weighted by Gasteiger charge is -2.22. The van der Waals surface area contributed by atoms with Gasteiger partial charge in [-0.2, -0.15) is 13.2 Å². The van der Waals surface area contributed by atoms with Gasteiger partial charge in [0.25, 0.3) is 0 Å². The molecule has 2 rings (SSSR count). The number of nitrogens with one attached hydrogen (secondary N) is 1. The first-order chi connectivity index (χ1) is 13.8. The highest BCUT2D eigenvalue weighted by molar-refractivity contribution is 14.0. The van der Waals surface area contributed by atoms with E-state index in [1.807, 2.05) is 24.9 Å². The summed E-state index contributed by atoms with van der Waals surface area (Å²) in [6.07, 6.45) is -0.904. The van der Waals surface area contributed by atoms with Crippen LogP contribution in [0.2, 0.25) is 0 Å². The van der Waals surface area contributed by atoms with Gasteiger partial charge < -0.3 is 14.8 Å². The third-order valence-corrected chi connectivity index (χ3v) is 4.37. The van der Waals surface area contributed by atoms with E-state index in [1.165, 1.54) is 18.2 Å². The Balaban J connectivity index is 0.00000450. The zero-order chi connectivity index (χ0) is 21.3. The molecule has 0 saturated carbocycles. The molecule has 30 heavy (non-hydrogen) atoms. The lowest BCUT2D eigenvalue weighted by atomic mass is 10.1. The van der Waals surface area contributed by atoms with Crippen LogP contribution >= 0.6 is 24.0 Å². The van der Waals surface area contributed by atoms with Crippen molar-refractivity contribution in [2.24, 2.45) is 4.99 Å². The van der Waals surface area contributed by atoms with Crippen molar-refractivity contribution in [1.82, 2.24) is 14.8 Å². The van der Waals surface area contributed by atoms with Crippen molar-refractivity contribution in [1.29, 1.82) is 0 Å². The molecule has 0 aliphatic rings. The molecule has 0 aliphatic carbocycles. The number of pyridine rings is 1. The Hall–Kier alpha value is -2.04. The molecular formula is C21H28F3IN4O. The molecule has 0 saturated heterocycles. The monoisotopic (exact) mass is 536 g/mol. The highest BCUT2D eigenvalue weighted by Gasteiger charge is 2.29. The van der Waals surface area contributed by atoms with Crippen molar-refractivity contribution < 1.29 is 13.2 Å². The molecule has 5 nitrogen and oxygen atoms in total. The third-order valence-electron chi connectivity index (χ3n) is 4.37. The molecular weight excluding hydrogens is 508 g/mol.